The van der Waals surface area contributed by atoms with Gasteiger partial charge in [-0.2, -0.15) is 0 Å². The maximum Gasteiger partial charge on any atom is 0.410 e. The van der Waals surface area contributed by atoms with Crippen molar-refractivity contribution in [1.29, 1.82) is 0 Å². The second kappa shape index (κ2) is 5.21. The van der Waals surface area contributed by atoms with Gasteiger partial charge in [0, 0.05) is 25.7 Å². The van der Waals surface area contributed by atoms with E-state index in [9.17, 15) is 4.79 Å². The largest absolute Gasteiger partial charge is 0.447 e. The summed E-state index contributed by atoms with van der Waals surface area (Å²) in [4.78, 5) is 16.0. The van der Waals surface area contributed by atoms with E-state index < -0.39 is 0 Å². The molecule has 0 aromatic heterocycles. The molecule has 1 aromatic rings. The summed E-state index contributed by atoms with van der Waals surface area (Å²) < 4.78 is 5.19. The lowest BCUT2D eigenvalue weighted by Gasteiger charge is -2.42. The highest BCUT2D eigenvalue weighted by atomic mass is 16.6. The topological polar surface area (TPSA) is 32.8 Å². The van der Waals surface area contributed by atoms with Crippen LogP contribution >= 0.6 is 0 Å². The average Bonchev–Trinajstić information content (AvgIpc) is 2.82. The lowest BCUT2D eigenvalue weighted by molar-refractivity contribution is 0.0537. The molecule has 2 aliphatic heterocycles. The number of rotatable bonds is 3. The molecule has 2 saturated heterocycles. The molecule has 3 rings (SSSR count). The maximum absolute atomic E-state index is 11.6. The highest BCUT2D eigenvalue weighted by molar-refractivity contribution is 5.70. The molecule has 0 aliphatic carbocycles. The Kier molecular flexibility index (Phi) is 3.42. The van der Waals surface area contributed by atoms with Gasteiger partial charge in [0.15, 0.2) is 0 Å². The molecule has 2 atom stereocenters. The van der Waals surface area contributed by atoms with Gasteiger partial charge in [-0.05, 0) is 12.0 Å². The molecule has 1 aromatic carbocycles. The van der Waals surface area contributed by atoms with Crippen molar-refractivity contribution in [3.8, 4) is 0 Å². The first kappa shape index (κ1) is 12.5. The fourth-order valence-corrected chi connectivity index (χ4v) is 3.23. The number of hydrogen-bond donors (Lipinski definition) is 0. The minimum atomic E-state index is -0.136. The van der Waals surface area contributed by atoms with Gasteiger partial charge in [-0.25, -0.2) is 4.79 Å². The van der Waals surface area contributed by atoms with Crippen LogP contribution in [0.2, 0.25) is 0 Å². The summed E-state index contributed by atoms with van der Waals surface area (Å²) in [6.07, 6.45) is 0.910. The number of fused-ring (bicyclic) bond motifs is 1. The predicted molar refractivity (Wildman–Crippen MR) is 72.8 cm³/mol. The smallest absolute Gasteiger partial charge is 0.410 e. The molecule has 4 heteroatoms. The molecule has 0 radical (unpaired) electrons. The van der Waals surface area contributed by atoms with Gasteiger partial charge in [-0.15, -0.1) is 0 Å². The molecule has 19 heavy (non-hydrogen) atoms. The molecule has 0 unspecified atom stereocenters. The first-order valence-electron chi connectivity index (χ1n) is 7.01. The van der Waals surface area contributed by atoms with Gasteiger partial charge in [-0.3, -0.25) is 9.80 Å². The zero-order valence-corrected chi connectivity index (χ0v) is 11.3. The van der Waals surface area contributed by atoms with Crippen molar-refractivity contribution in [3.63, 3.8) is 0 Å². The summed E-state index contributed by atoms with van der Waals surface area (Å²) in [7, 11) is 0. The van der Waals surface area contributed by atoms with Gasteiger partial charge in [0.2, 0.25) is 0 Å². The third-order valence-electron chi connectivity index (χ3n) is 4.20. The monoisotopic (exact) mass is 260 g/mol. The summed E-state index contributed by atoms with van der Waals surface area (Å²) in [5.74, 6) is 0. The lowest BCUT2D eigenvalue weighted by atomic mass is 9.99. The molecule has 2 fully saturated rings. The molecule has 102 valence electrons. The number of cyclic esters (lactones) is 1. The average molecular weight is 260 g/mol. The summed E-state index contributed by atoms with van der Waals surface area (Å²) in [6, 6.07) is 11.2. The van der Waals surface area contributed by atoms with E-state index in [1.165, 1.54) is 5.56 Å². The fourth-order valence-electron chi connectivity index (χ4n) is 3.23. The van der Waals surface area contributed by atoms with Crippen molar-refractivity contribution in [3.05, 3.63) is 35.9 Å². The fraction of sp³-hybridized carbons (Fsp3) is 0.533. The standard InChI is InChI=1S/C15H20N2O2/c1-2-13-14-11-19-15(18)17(14)9-8-16(13)10-12-6-4-3-5-7-12/h3-7,13-14H,2,8-11H2,1H3/t13-,14+/m0/s1. The molecule has 2 aliphatic rings. The molecule has 0 bridgehead atoms. The molecular weight excluding hydrogens is 240 g/mol. The molecule has 1 amide bonds. The van der Waals surface area contributed by atoms with E-state index >= 15 is 0 Å². The van der Waals surface area contributed by atoms with Gasteiger partial charge >= 0.3 is 6.09 Å². The molecular formula is C15H20N2O2. The zero-order valence-electron chi connectivity index (χ0n) is 11.3. The maximum atomic E-state index is 11.6. The normalized spacial score (nSPS) is 27.2. The van der Waals surface area contributed by atoms with Crippen molar-refractivity contribution in [2.45, 2.75) is 32.0 Å². The Morgan fingerprint density at radius 2 is 2.05 bits per heavy atom. The molecule has 0 N–H and O–H groups in total. The van der Waals surface area contributed by atoms with Crippen molar-refractivity contribution >= 4 is 6.09 Å². The molecule has 0 spiro atoms. The second-order valence-electron chi connectivity index (χ2n) is 5.27. The Hall–Kier alpha value is -1.55. The van der Waals surface area contributed by atoms with Crippen molar-refractivity contribution in [2.75, 3.05) is 19.7 Å². The number of carbonyl (C=O) groups excluding carboxylic acids is 1. The Balaban J connectivity index is 1.74. The minimum Gasteiger partial charge on any atom is -0.447 e. The number of benzene rings is 1. The minimum absolute atomic E-state index is 0.136. The third kappa shape index (κ3) is 2.32. The first-order valence-corrected chi connectivity index (χ1v) is 7.01. The van der Waals surface area contributed by atoms with E-state index in [1.54, 1.807) is 0 Å². The second-order valence-corrected chi connectivity index (χ2v) is 5.27. The number of ether oxygens (including phenoxy) is 1. The van der Waals surface area contributed by atoms with Crippen LogP contribution in [0.3, 0.4) is 0 Å². The van der Waals surface area contributed by atoms with Crippen LogP contribution in [0.5, 0.6) is 0 Å². The van der Waals surface area contributed by atoms with E-state index in [2.05, 4.69) is 36.1 Å². The zero-order chi connectivity index (χ0) is 13.2. The van der Waals surface area contributed by atoms with Gasteiger partial charge in [0.05, 0.1) is 6.04 Å². The number of hydrogen-bond acceptors (Lipinski definition) is 3. The van der Waals surface area contributed by atoms with Crippen LogP contribution in [0, 0.1) is 0 Å². The van der Waals surface area contributed by atoms with E-state index in [1.807, 2.05) is 11.0 Å². The van der Waals surface area contributed by atoms with E-state index in [-0.39, 0.29) is 12.1 Å². The van der Waals surface area contributed by atoms with Gasteiger partial charge < -0.3 is 4.74 Å². The van der Waals surface area contributed by atoms with E-state index in [0.29, 0.717) is 12.6 Å². The number of piperazine rings is 1. The van der Waals surface area contributed by atoms with Gasteiger partial charge in [0.1, 0.15) is 6.61 Å². The van der Waals surface area contributed by atoms with Gasteiger partial charge in [-0.1, -0.05) is 37.3 Å². The van der Waals surface area contributed by atoms with E-state index in [0.717, 1.165) is 26.1 Å². The summed E-state index contributed by atoms with van der Waals surface area (Å²) in [5.41, 5.74) is 1.33. The quantitative estimate of drug-likeness (QED) is 0.834. The molecule has 4 nitrogen and oxygen atoms in total. The van der Waals surface area contributed by atoms with Crippen molar-refractivity contribution in [1.82, 2.24) is 9.80 Å². The van der Waals surface area contributed by atoms with Crippen LogP contribution < -0.4 is 0 Å². The Morgan fingerprint density at radius 3 is 2.79 bits per heavy atom. The van der Waals surface area contributed by atoms with Crippen LogP contribution in [-0.4, -0.2) is 47.7 Å². The summed E-state index contributed by atoms with van der Waals surface area (Å²) >= 11 is 0. The van der Waals surface area contributed by atoms with E-state index in [4.69, 9.17) is 4.74 Å². The van der Waals surface area contributed by atoms with Gasteiger partial charge in [0.25, 0.3) is 0 Å². The number of amides is 1. The third-order valence-corrected chi connectivity index (χ3v) is 4.20. The van der Waals surface area contributed by atoms with Crippen LogP contribution in [0.4, 0.5) is 4.79 Å². The Labute approximate surface area is 113 Å². The highest BCUT2D eigenvalue weighted by Gasteiger charge is 2.43. The summed E-state index contributed by atoms with van der Waals surface area (Å²) in [6.45, 7) is 5.40. The van der Waals surface area contributed by atoms with Crippen LogP contribution in [0.25, 0.3) is 0 Å². The first-order chi connectivity index (χ1) is 9.29. The lowest BCUT2D eigenvalue weighted by Crippen LogP contribution is -2.58. The Morgan fingerprint density at radius 1 is 1.26 bits per heavy atom. The van der Waals surface area contributed by atoms with Crippen LogP contribution in [0.1, 0.15) is 18.9 Å². The van der Waals surface area contributed by atoms with Crippen molar-refractivity contribution in [2.24, 2.45) is 0 Å². The predicted octanol–water partition coefficient (Wildman–Crippen LogP) is 2.10. The molecule has 0 saturated carbocycles. The SMILES string of the molecule is CC[C@H]1[C@H]2COC(=O)N2CCN1Cc1ccccc1. The number of nitrogens with zero attached hydrogens (tertiary/aromatic N) is 2. The Bertz CT molecular complexity index is 449. The van der Waals surface area contributed by atoms with Crippen molar-refractivity contribution < 1.29 is 9.53 Å². The summed E-state index contributed by atoms with van der Waals surface area (Å²) in [5, 5.41) is 0. The van der Waals surface area contributed by atoms with Crippen LogP contribution in [0.15, 0.2) is 30.3 Å². The highest BCUT2D eigenvalue weighted by Crippen LogP contribution is 2.26. The molecule has 2 heterocycles. The number of carbonyl (C=O) groups is 1. The van der Waals surface area contributed by atoms with Crippen LogP contribution in [-0.2, 0) is 11.3 Å².